The van der Waals surface area contributed by atoms with Crippen molar-refractivity contribution in [1.29, 1.82) is 0 Å². The second-order valence-corrected chi connectivity index (χ2v) is 12.4. The summed E-state index contributed by atoms with van der Waals surface area (Å²) in [6, 6.07) is 0. The largest absolute Gasteiger partial charge is 2.00 e. The molecule has 0 saturated carbocycles. The molecule has 0 aliphatic heterocycles. The average Bonchev–Trinajstić information content (AvgIpc) is 2.03. The zero-order valence-electron chi connectivity index (χ0n) is 14.3. The van der Waals surface area contributed by atoms with Gasteiger partial charge >= 0.3 is 97.8 Å². The Labute approximate surface area is 230 Å². The molecule has 0 aromatic heterocycles. The Hall–Kier alpha value is 3.66. The fourth-order valence-electron chi connectivity index (χ4n) is 1.64. The van der Waals surface area contributed by atoms with Crippen LogP contribution >= 0.6 is 30.4 Å². The Morgan fingerprint density at radius 2 is 0.769 bits per heavy atom. The van der Waals surface area contributed by atoms with Crippen molar-refractivity contribution in [3.8, 4) is 0 Å². The van der Waals surface area contributed by atoms with Crippen LogP contribution in [-0.2, 0) is 18.3 Å². The van der Waals surface area contributed by atoms with E-state index in [1.54, 1.807) is 0 Å². The standard InChI is InChI=1S/2C3H11NO6P2.2Ba/c2*1-4(2)3(11(5,6)7)12(8,9)10;;/h2*3H,1-2H3,(H2,5,6,7)(H2,8,9,10);;/q;;2*+2/p-4. The van der Waals surface area contributed by atoms with E-state index in [9.17, 15) is 47.6 Å². The van der Waals surface area contributed by atoms with E-state index in [1.807, 2.05) is 0 Å². The summed E-state index contributed by atoms with van der Waals surface area (Å²) in [4.78, 5) is 78.6. The van der Waals surface area contributed by atoms with Crippen molar-refractivity contribution in [3.63, 3.8) is 0 Å². The molecule has 20 heteroatoms. The first-order valence-electron chi connectivity index (χ1n) is 5.84. The van der Waals surface area contributed by atoms with Gasteiger partial charge in [0.25, 0.3) is 0 Å². The van der Waals surface area contributed by atoms with Crippen LogP contribution in [0.2, 0.25) is 0 Å². The molecule has 0 bridgehead atoms. The van der Waals surface area contributed by atoms with Crippen molar-refractivity contribution in [2.24, 2.45) is 0 Å². The van der Waals surface area contributed by atoms with Crippen LogP contribution in [0, 0.1) is 0 Å². The number of rotatable bonds is 6. The number of quaternary nitrogens is 2. The Morgan fingerprint density at radius 1 is 0.615 bits per heavy atom. The fraction of sp³-hybridized carbons (Fsp3) is 1.00. The molecule has 0 amide bonds. The van der Waals surface area contributed by atoms with Crippen LogP contribution in [0.3, 0.4) is 0 Å². The average molecular weight is 709 g/mol. The Morgan fingerprint density at radius 3 is 0.769 bits per heavy atom. The van der Waals surface area contributed by atoms with Gasteiger partial charge in [0.05, 0.1) is 28.2 Å². The third-order valence-electron chi connectivity index (χ3n) is 2.25. The quantitative estimate of drug-likeness (QED) is 0.148. The van der Waals surface area contributed by atoms with Gasteiger partial charge in [0.1, 0.15) is 0 Å². The second-order valence-electron chi connectivity index (χ2n) is 5.11. The third-order valence-corrected chi connectivity index (χ3v) is 10.2. The van der Waals surface area contributed by atoms with Crippen LogP contribution in [0.25, 0.3) is 0 Å². The molecule has 4 N–H and O–H groups in total. The van der Waals surface area contributed by atoms with E-state index < -0.39 is 41.4 Å². The molecule has 0 spiro atoms. The van der Waals surface area contributed by atoms with Gasteiger partial charge in [-0.25, -0.2) is 0 Å². The summed E-state index contributed by atoms with van der Waals surface area (Å²) < 4.78 is 41.5. The van der Waals surface area contributed by atoms with Gasteiger partial charge in [-0.3, -0.25) is 0 Å². The summed E-state index contributed by atoms with van der Waals surface area (Å²) in [6.07, 6.45) is 0. The maximum absolute atomic E-state index is 10.4. The summed E-state index contributed by atoms with van der Waals surface area (Å²) >= 11 is 0. The smallest absolute Gasteiger partial charge is 0.806 e. The molecule has 0 aromatic rings. The monoisotopic (exact) mass is 710 g/mol. The topological polar surface area (TPSA) is 256 Å². The summed E-state index contributed by atoms with van der Waals surface area (Å²) in [5.74, 6) is 0. The zero-order valence-corrected chi connectivity index (χ0v) is 26.8. The minimum atomic E-state index is -5.32. The molecule has 0 fully saturated rings. The number of hydrogen-bond acceptors (Lipinski definition) is 10. The molecule has 4 atom stereocenters. The van der Waals surface area contributed by atoms with Gasteiger partial charge < -0.3 is 67.2 Å². The van der Waals surface area contributed by atoms with Gasteiger partial charge in [0, 0.05) is 15.2 Å². The number of hydrogen-bond donors (Lipinski definition) is 4. The summed E-state index contributed by atoms with van der Waals surface area (Å²) in [5, 5.41) is 0. The Bertz CT molecular complexity index is 497. The van der Waals surface area contributed by atoms with E-state index in [1.165, 1.54) is 0 Å². The molecule has 148 valence electrons. The maximum atomic E-state index is 10.4. The van der Waals surface area contributed by atoms with Crippen LogP contribution in [-0.4, -0.2) is 147 Å². The molecule has 2 unspecified atom stereocenters. The predicted molar refractivity (Wildman–Crippen MR) is 79.6 cm³/mol. The van der Waals surface area contributed by atoms with E-state index in [0.29, 0.717) is 0 Å². The molecule has 0 rings (SSSR count). The first-order chi connectivity index (χ1) is 10.1. The molecule has 0 radical (unpaired) electrons. The van der Waals surface area contributed by atoms with Gasteiger partial charge in [-0.05, 0) is 0 Å². The Kier molecular flexibility index (Phi) is 19.8. The number of nitrogens with one attached hydrogen (secondary N) is 2. The summed E-state index contributed by atoms with van der Waals surface area (Å²) in [5.41, 5.74) is -4.60. The van der Waals surface area contributed by atoms with Crippen molar-refractivity contribution in [2.75, 3.05) is 28.2 Å². The molecule has 0 heterocycles. The Balaban J connectivity index is -0.000000173. The molecule has 26 heavy (non-hydrogen) atoms. The molecular formula is C6H18Ba2N2O12P4. The van der Waals surface area contributed by atoms with Crippen molar-refractivity contribution >= 4 is 128 Å². The predicted octanol–water partition coefficient (Wildman–Crippen LogP) is -9.01. The van der Waals surface area contributed by atoms with Gasteiger partial charge in [0.15, 0.2) is 26.2 Å². The molecule has 0 saturated heterocycles. The summed E-state index contributed by atoms with van der Waals surface area (Å²) in [6.45, 7) is 0. The zero-order chi connectivity index (χ0) is 20.3. The van der Waals surface area contributed by atoms with Crippen molar-refractivity contribution in [1.82, 2.24) is 0 Å². The van der Waals surface area contributed by atoms with E-state index in [0.717, 1.165) is 28.2 Å². The van der Waals surface area contributed by atoms with E-state index in [2.05, 4.69) is 0 Å². The van der Waals surface area contributed by atoms with E-state index >= 15 is 0 Å². The molecule has 0 aromatic carbocycles. The van der Waals surface area contributed by atoms with Crippen LogP contribution in [0.5, 0.6) is 0 Å². The van der Waals surface area contributed by atoms with E-state index in [4.69, 9.17) is 9.79 Å². The second kappa shape index (κ2) is 13.9. The van der Waals surface area contributed by atoms with Crippen molar-refractivity contribution < 1.29 is 67.2 Å². The summed E-state index contributed by atoms with van der Waals surface area (Å²) in [7, 11) is -16.3. The normalized spacial score (nSPS) is 19.0. The van der Waals surface area contributed by atoms with Gasteiger partial charge in [-0.15, -0.1) is 0 Å². The first kappa shape index (κ1) is 37.0. The first-order valence-corrected chi connectivity index (χ1v) is 12.4. The van der Waals surface area contributed by atoms with Gasteiger partial charge in [-0.1, -0.05) is 0 Å². The molecule has 0 aliphatic rings. The minimum Gasteiger partial charge on any atom is -0.806 e. The van der Waals surface area contributed by atoms with Crippen LogP contribution in [0.1, 0.15) is 0 Å². The van der Waals surface area contributed by atoms with Gasteiger partial charge in [0.2, 0.25) is 0 Å². The maximum Gasteiger partial charge on any atom is 2.00 e. The van der Waals surface area contributed by atoms with E-state index in [-0.39, 0.29) is 108 Å². The molecule has 14 nitrogen and oxygen atoms in total. The van der Waals surface area contributed by atoms with Crippen LogP contribution < -0.4 is 39.2 Å². The SMILES string of the molecule is C[NH+](C)[C@@H](P(=O)([O-])[O-])P(=O)([O-])O.C[NH+](C)[C@H](P(=O)([O-])[O-])P(=O)([O-])O.[Ba+2].[Ba+2]. The van der Waals surface area contributed by atoms with Crippen molar-refractivity contribution in [2.45, 2.75) is 11.0 Å². The fourth-order valence-corrected chi connectivity index (χ4v) is 7.07. The van der Waals surface area contributed by atoms with Crippen LogP contribution in [0.4, 0.5) is 0 Å². The van der Waals surface area contributed by atoms with Crippen LogP contribution in [0.15, 0.2) is 0 Å². The molecule has 0 aliphatic carbocycles. The van der Waals surface area contributed by atoms with Crippen molar-refractivity contribution in [3.05, 3.63) is 0 Å². The van der Waals surface area contributed by atoms with Gasteiger partial charge in [-0.2, -0.15) is 0 Å². The third kappa shape index (κ3) is 15.5. The minimum absolute atomic E-state index is 0. The molecular weight excluding hydrogens is 691 g/mol.